The summed E-state index contributed by atoms with van der Waals surface area (Å²) in [5, 5.41) is 10.4. The predicted molar refractivity (Wildman–Crippen MR) is 96.2 cm³/mol. The first-order chi connectivity index (χ1) is 12.2. The molecule has 0 aromatic heterocycles. The number of amides is 1. The Morgan fingerprint density at radius 2 is 2.00 bits per heavy atom. The topological polar surface area (TPSA) is 59.0 Å². The molecular formula is C20H29NO4. The summed E-state index contributed by atoms with van der Waals surface area (Å²) in [7, 11) is 1.59. The summed E-state index contributed by atoms with van der Waals surface area (Å²) in [6.45, 7) is 3.24. The van der Waals surface area contributed by atoms with Gasteiger partial charge < -0.3 is 19.5 Å². The van der Waals surface area contributed by atoms with Crippen LogP contribution in [0.5, 0.6) is 11.5 Å². The summed E-state index contributed by atoms with van der Waals surface area (Å²) < 4.78 is 10.9. The number of aliphatic hydroxyl groups is 1. The lowest BCUT2D eigenvalue weighted by Crippen LogP contribution is -2.45. The molecule has 0 radical (unpaired) electrons. The summed E-state index contributed by atoms with van der Waals surface area (Å²) >= 11 is 0. The van der Waals surface area contributed by atoms with Gasteiger partial charge in [-0.15, -0.1) is 0 Å². The van der Waals surface area contributed by atoms with E-state index in [4.69, 9.17) is 9.47 Å². The van der Waals surface area contributed by atoms with Gasteiger partial charge in [0.1, 0.15) is 0 Å². The second-order valence-corrected chi connectivity index (χ2v) is 7.02. The van der Waals surface area contributed by atoms with E-state index in [1.165, 1.54) is 0 Å². The molecule has 5 heteroatoms. The lowest BCUT2D eigenvalue weighted by atomic mass is 9.80. The third-order valence-corrected chi connectivity index (χ3v) is 5.55. The number of benzene rings is 1. The van der Waals surface area contributed by atoms with Crippen LogP contribution in [0, 0.1) is 5.92 Å². The van der Waals surface area contributed by atoms with Crippen LogP contribution in [0.2, 0.25) is 0 Å². The van der Waals surface area contributed by atoms with E-state index in [2.05, 4.69) is 0 Å². The Bertz CT molecular complexity index is 603. The molecule has 5 nitrogen and oxygen atoms in total. The molecule has 0 spiro atoms. The van der Waals surface area contributed by atoms with Gasteiger partial charge in [0.05, 0.1) is 19.8 Å². The normalized spacial score (nSPS) is 26.5. The molecule has 0 bridgehead atoms. The fourth-order valence-electron chi connectivity index (χ4n) is 4.32. The van der Waals surface area contributed by atoms with E-state index in [0.29, 0.717) is 23.7 Å². The van der Waals surface area contributed by atoms with Crippen molar-refractivity contribution >= 4 is 5.91 Å². The number of hydrogen-bond donors (Lipinski definition) is 1. The van der Waals surface area contributed by atoms with Crippen molar-refractivity contribution in [2.24, 2.45) is 5.92 Å². The van der Waals surface area contributed by atoms with Gasteiger partial charge in [-0.25, -0.2) is 0 Å². The highest BCUT2D eigenvalue weighted by Crippen LogP contribution is 2.36. The lowest BCUT2D eigenvalue weighted by Gasteiger charge is -2.37. The van der Waals surface area contributed by atoms with Crippen LogP contribution in [0.4, 0.5) is 0 Å². The summed E-state index contributed by atoms with van der Waals surface area (Å²) in [5.41, 5.74) is 0.623. The Kier molecular flexibility index (Phi) is 5.84. The zero-order chi connectivity index (χ0) is 17.8. The van der Waals surface area contributed by atoms with E-state index in [-0.39, 0.29) is 24.0 Å². The minimum absolute atomic E-state index is 0.0293. The van der Waals surface area contributed by atoms with Crippen molar-refractivity contribution < 1.29 is 19.4 Å². The summed E-state index contributed by atoms with van der Waals surface area (Å²) in [6, 6.07) is 5.53. The van der Waals surface area contributed by atoms with Gasteiger partial charge in [-0.05, 0) is 50.8 Å². The average Bonchev–Trinajstić information content (AvgIpc) is 3.11. The number of ether oxygens (including phenoxy) is 2. The van der Waals surface area contributed by atoms with Crippen LogP contribution in [-0.4, -0.2) is 48.3 Å². The first-order valence-corrected chi connectivity index (χ1v) is 9.45. The third kappa shape index (κ3) is 3.76. The first-order valence-electron chi connectivity index (χ1n) is 9.45. The molecule has 1 aliphatic carbocycles. The molecule has 1 saturated heterocycles. The molecule has 2 aliphatic rings. The van der Waals surface area contributed by atoms with Crippen molar-refractivity contribution in [3.63, 3.8) is 0 Å². The molecule has 0 unspecified atom stereocenters. The number of likely N-dealkylation sites (tertiary alicyclic amines) is 1. The quantitative estimate of drug-likeness (QED) is 0.888. The van der Waals surface area contributed by atoms with Gasteiger partial charge in [0.15, 0.2) is 11.5 Å². The van der Waals surface area contributed by atoms with Gasteiger partial charge in [-0.2, -0.15) is 0 Å². The highest BCUT2D eigenvalue weighted by Gasteiger charge is 2.39. The molecule has 1 aromatic rings. The van der Waals surface area contributed by atoms with Gasteiger partial charge in [0, 0.05) is 24.1 Å². The molecule has 138 valence electrons. The SMILES string of the molecule is CCOc1ccc(C(=O)N2CCC[C@@H]2[C@H]2CCCC[C@H]2O)cc1OC. The fraction of sp³-hybridized carbons (Fsp3) is 0.650. The molecule has 3 rings (SSSR count). The maximum absolute atomic E-state index is 13.1. The van der Waals surface area contributed by atoms with Crippen LogP contribution in [0.25, 0.3) is 0 Å². The standard InChI is InChI=1S/C20H29NO4/c1-3-25-18-11-10-14(13-19(18)24-2)20(23)21-12-6-8-16(21)15-7-4-5-9-17(15)22/h10-11,13,15-17,22H,3-9,12H2,1-2H3/t15-,16-,17-/m1/s1. The van der Waals surface area contributed by atoms with Crippen molar-refractivity contribution in [2.75, 3.05) is 20.3 Å². The van der Waals surface area contributed by atoms with Crippen molar-refractivity contribution in [2.45, 2.75) is 57.6 Å². The van der Waals surface area contributed by atoms with Crippen molar-refractivity contribution in [1.82, 2.24) is 4.90 Å². The smallest absolute Gasteiger partial charge is 0.254 e. The molecule has 1 aromatic carbocycles. The Morgan fingerprint density at radius 3 is 2.72 bits per heavy atom. The van der Waals surface area contributed by atoms with Crippen LogP contribution >= 0.6 is 0 Å². The molecule has 1 N–H and O–H groups in total. The Labute approximate surface area is 149 Å². The number of carbonyl (C=O) groups is 1. The maximum Gasteiger partial charge on any atom is 0.254 e. The largest absolute Gasteiger partial charge is 0.493 e. The van der Waals surface area contributed by atoms with E-state index in [1.54, 1.807) is 19.2 Å². The zero-order valence-corrected chi connectivity index (χ0v) is 15.2. The van der Waals surface area contributed by atoms with Crippen molar-refractivity contribution in [3.05, 3.63) is 23.8 Å². The molecule has 1 heterocycles. The van der Waals surface area contributed by atoms with Gasteiger partial charge >= 0.3 is 0 Å². The van der Waals surface area contributed by atoms with E-state index < -0.39 is 0 Å². The molecule has 1 amide bonds. The maximum atomic E-state index is 13.1. The highest BCUT2D eigenvalue weighted by molar-refractivity contribution is 5.95. The van der Waals surface area contributed by atoms with E-state index >= 15 is 0 Å². The molecule has 2 fully saturated rings. The average molecular weight is 347 g/mol. The number of methoxy groups -OCH3 is 1. The van der Waals surface area contributed by atoms with E-state index in [1.807, 2.05) is 17.9 Å². The molecule has 1 saturated carbocycles. The Balaban J connectivity index is 1.79. The molecule has 25 heavy (non-hydrogen) atoms. The molecule has 1 aliphatic heterocycles. The number of nitrogens with zero attached hydrogens (tertiary/aromatic N) is 1. The number of hydrogen-bond acceptors (Lipinski definition) is 4. The summed E-state index contributed by atoms with van der Waals surface area (Å²) in [6.07, 6.45) is 5.84. The van der Waals surface area contributed by atoms with Crippen molar-refractivity contribution in [3.8, 4) is 11.5 Å². The van der Waals surface area contributed by atoms with Crippen LogP contribution in [0.1, 0.15) is 55.8 Å². The fourth-order valence-corrected chi connectivity index (χ4v) is 4.32. The molecule has 3 atom stereocenters. The van der Waals surface area contributed by atoms with Gasteiger partial charge in [0.25, 0.3) is 5.91 Å². The van der Waals surface area contributed by atoms with Gasteiger partial charge in [0.2, 0.25) is 0 Å². The first kappa shape index (κ1) is 18.1. The minimum atomic E-state index is -0.276. The minimum Gasteiger partial charge on any atom is -0.493 e. The van der Waals surface area contributed by atoms with E-state index in [0.717, 1.165) is 45.1 Å². The second kappa shape index (κ2) is 8.09. The monoisotopic (exact) mass is 347 g/mol. The number of rotatable bonds is 5. The van der Waals surface area contributed by atoms with Crippen LogP contribution < -0.4 is 9.47 Å². The van der Waals surface area contributed by atoms with E-state index in [9.17, 15) is 9.90 Å². The Hall–Kier alpha value is -1.75. The number of carbonyl (C=O) groups excluding carboxylic acids is 1. The summed E-state index contributed by atoms with van der Waals surface area (Å²) in [4.78, 5) is 15.1. The highest BCUT2D eigenvalue weighted by atomic mass is 16.5. The third-order valence-electron chi connectivity index (χ3n) is 5.55. The van der Waals surface area contributed by atoms with Crippen LogP contribution in [0.3, 0.4) is 0 Å². The number of aliphatic hydroxyl groups excluding tert-OH is 1. The zero-order valence-electron chi connectivity index (χ0n) is 15.2. The molecular weight excluding hydrogens is 318 g/mol. The predicted octanol–water partition coefficient (Wildman–Crippen LogP) is 3.25. The van der Waals surface area contributed by atoms with Crippen LogP contribution in [0.15, 0.2) is 18.2 Å². The van der Waals surface area contributed by atoms with Crippen molar-refractivity contribution in [1.29, 1.82) is 0 Å². The summed E-state index contributed by atoms with van der Waals surface area (Å²) in [5.74, 6) is 1.48. The van der Waals surface area contributed by atoms with Crippen LogP contribution in [-0.2, 0) is 0 Å². The Morgan fingerprint density at radius 1 is 1.20 bits per heavy atom. The lowest BCUT2D eigenvalue weighted by molar-refractivity contribution is 0.0211. The second-order valence-electron chi connectivity index (χ2n) is 7.02. The van der Waals surface area contributed by atoms with Gasteiger partial charge in [-0.3, -0.25) is 4.79 Å². The van der Waals surface area contributed by atoms with Gasteiger partial charge in [-0.1, -0.05) is 12.8 Å².